The first kappa shape index (κ1) is 15.6. The number of benzene rings is 1. The van der Waals surface area contributed by atoms with E-state index in [4.69, 9.17) is 9.47 Å². The van der Waals surface area contributed by atoms with Crippen LogP contribution < -0.4 is 9.47 Å². The Balaban J connectivity index is 2.43. The maximum absolute atomic E-state index is 11.1. The van der Waals surface area contributed by atoms with E-state index in [1.54, 1.807) is 14.2 Å². The molecule has 1 aliphatic heterocycles. The summed E-state index contributed by atoms with van der Waals surface area (Å²) in [6, 6.07) is 3.78. The fraction of sp³-hybridized carbons (Fsp3) is 0.600. The zero-order chi connectivity index (χ0) is 14.8. The topological polar surface area (TPSA) is 41.9 Å². The largest absolute Gasteiger partial charge is 0.495 e. The van der Waals surface area contributed by atoms with Crippen molar-refractivity contribution in [1.82, 2.24) is 4.90 Å². The third-order valence-electron chi connectivity index (χ3n) is 4.02. The molecule has 1 atom stereocenters. The summed E-state index contributed by atoms with van der Waals surface area (Å²) in [5.41, 5.74) is -0.00628. The van der Waals surface area contributed by atoms with Crippen molar-refractivity contribution in [1.29, 1.82) is 0 Å². The molecule has 0 saturated carbocycles. The van der Waals surface area contributed by atoms with E-state index >= 15 is 0 Å². The molecule has 1 heterocycles. The van der Waals surface area contributed by atoms with Gasteiger partial charge >= 0.3 is 0 Å². The quantitative estimate of drug-likeness (QED) is 0.916. The second kappa shape index (κ2) is 6.33. The molecule has 0 radical (unpaired) electrons. The van der Waals surface area contributed by atoms with Gasteiger partial charge in [-0.1, -0.05) is 0 Å². The van der Waals surface area contributed by atoms with Crippen molar-refractivity contribution in [2.45, 2.75) is 24.9 Å². The third kappa shape index (κ3) is 2.95. The van der Waals surface area contributed by atoms with Crippen LogP contribution in [0.2, 0.25) is 0 Å². The van der Waals surface area contributed by atoms with Crippen LogP contribution in [-0.4, -0.2) is 44.4 Å². The average molecular weight is 344 g/mol. The molecular weight excluding hydrogens is 322 g/mol. The molecule has 1 aromatic rings. The summed E-state index contributed by atoms with van der Waals surface area (Å²) in [6.07, 6.45) is 2.42. The molecule has 5 heteroatoms. The molecule has 1 fully saturated rings. The third-order valence-corrected chi connectivity index (χ3v) is 4.78. The Morgan fingerprint density at radius 2 is 1.95 bits per heavy atom. The van der Waals surface area contributed by atoms with Crippen molar-refractivity contribution < 1.29 is 14.6 Å². The molecule has 0 amide bonds. The van der Waals surface area contributed by atoms with Crippen LogP contribution in [0, 0.1) is 0 Å². The Bertz CT molecular complexity index is 480. The van der Waals surface area contributed by atoms with Crippen LogP contribution in [0.4, 0.5) is 0 Å². The molecule has 20 heavy (non-hydrogen) atoms. The van der Waals surface area contributed by atoms with E-state index in [0.29, 0.717) is 17.9 Å². The van der Waals surface area contributed by atoms with Gasteiger partial charge in [0.1, 0.15) is 16.0 Å². The Morgan fingerprint density at radius 1 is 1.20 bits per heavy atom. The summed E-state index contributed by atoms with van der Waals surface area (Å²) in [5.74, 6) is 1.37. The fourth-order valence-electron chi connectivity index (χ4n) is 2.79. The van der Waals surface area contributed by atoms with Crippen LogP contribution in [0.1, 0.15) is 24.8 Å². The van der Waals surface area contributed by atoms with Crippen LogP contribution in [0.3, 0.4) is 0 Å². The highest BCUT2D eigenvalue weighted by Crippen LogP contribution is 2.44. The van der Waals surface area contributed by atoms with Gasteiger partial charge in [-0.25, -0.2) is 0 Å². The minimum atomic E-state index is -0.842. The molecule has 2 rings (SSSR count). The Kier molecular flexibility index (Phi) is 4.94. The van der Waals surface area contributed by atoms with Crippen molar-refractivity contribution >= 4 is 15.9 Å². The van der Waals surface area contributed by atoms with Gasteiger partial charge in [0.25, 0.3) is 0 Å². The monoisotopic (exact) mass is 343 g/mol. The van der Waals surface area contributed by atoms with Crippen molar-refractivity contribution in [3.63, 3.8) is 0 Å². The number of methoxy groups -OCH3 is 2. The number of halogens is 1. The maximum Gasteiger partial charge on any atom is 0.142 e. The molecule has 1 aliphatic rings. The standard InChI is InChI=1S/C15H22BrNO3/c1-17-9-4-7-15(18,8-10-17)11-5-6-12(19-2)13(16)14(11)20-3/h5-6,18H,4,7-10H2,1-3H3. The molecule has 1 unspecified atom stereocenters. The molecule has 1 aromatic carbocycles. The summed E-state index contributed by atoms with van der Waals surface area (Å²) in [5, 5.41) is 11.1. The zero-order valence-corrected chi connectivity index (χ0v) is 13.9. The minimum absolute atomic E-state index is 0.663. The Hall–Kier alpha value is -0.780. The predicted octanol–water partition coefficient (Wildman–Crippen LogP) is 2.77. The molecule has 0 spiro atoms. The van der Waals surface area contributed by atoms with E-state index in [-0.39, 0.29) is 0 Å². The molecule has 0 aliphatic carbocycles. The number of hydrogen-bond acceptors (Lipinski definition) is 4. The highest BCUT2D eigenvalue weighted by atomic mass is 79.9. The molecular formula is C15H22BrNO3. The van der Waals surface area contributed by atoms with Gasteiger partial charge in [0.15, 0.2) is 0 Å². The van der Waals surface area contributed by atoms with E-state index in [0.717, 1.165) is 36.0 Å². The highest BCUT2D eigenvalue weighted by molar-refractivity contribution is 9.10. The lowest BCUT2D eigenvalue weighted by Crippen LogP contribution is -2.28. The number of rotatable bonds is 3. The fourth-order valence-corrected chi connectivity index (χ4v) is 3.45. The van der Waals surface area contributed by atoms with Gasteiger partial charge in [0.2, 0.25) is 0 Å². The van der Waals surface area contributed by atoms with Gasteiger partial charge in [-0.15, -0.1) is 0 Å². The second-order valence-electron chi connectivity index (χ2n) is 5.35. The molecule has 0 bridgehead atoms. The molecule has 1 N–H and O–H groups in total. The number of likely N-dealkylation sites (tertiary alicyclic amines) is 1. The zero-order valence-electron chi connectivity index (χ0n) is 12.3. The van der Waals surface area contributed by atoms with Crippen LogP contribution in [-0.2, 0) is 5.60 Å². The van der Waals surface area contributed by atoms with E-state index in [1.807, 2.05) is 12.1 Å². The smallest absolute Gasteiger partial charge is 0.142 e. The first-order valence-corrected chi connectivity index (χ1v) is 7.63. The first-order valence-electron chi connectivity index (χ1n) is 6.83. The van der Waals surface area contributed by atoms with Crippen molar-refractivity contribution in [2.75, 3.05) is 34.4 Å². The summed E-state index contributed by atoms with van der Waals surface area (Å²) >= 11 is 3.50. The van der Waals surface area contributed by atoms with Gasteiger partial charge in [0, 0.05) is 12.1 Å². The van der Waals surface area contributed by atoms with Crippen LogP contribution >= 0.6 is 15.9 Å². The molecule has 112 valence electrons. The second-order valence-corrected chi connectivity index (χ2v) is 6.14. The van der Waals surface area contributed by atoms with Gasteiger partial charge in [-0.3, -0.25) is 0 Å². The maximum atomic E-state index is 11.1. The van der Waals surface area contributed by atoms with Gasteiger partial charge in [-0.05, 0) is 60.9 Å². The minimum Gasteiger partial charge on any atom is -0.495 e. The number of nitrogens with zero attached hydrogens (tertiary/aromatic N) is 1. The van der Waals surface area contributed by atoms with E-state index < -0.39 is 5.60 Å². The summed E-state index contributed by atoms with van der Waals surface area (Å²) in [7, 11) is 5.33. The average Bonchev–Trinajstić information content (AvgIpc) is 2.61. The summed E-state index contributed by atoms with van der Waals surface area (Å²) in [4.78, 5) is 2.25. The normalized spacial score (nSPS) is 24.2. The summed E-state index contributed by atoms with van der Waals surface area (Å²) < 4.78 is 11.5. The SMILES string of the molecule is COc1ccc(C2(O)CCCN(C)CC2)c(OC)c1Br. The van der Waals surface area contributed by atoms with Crippen molar-refractivity contribution in [3.8, 4) is 11.5 Å². The molecule has 1 saturated heterocycles. The Morgan fingerprint density at radius 3 is 2.60 bits per heavy atom. The lowest BCUT2D eigenvalue weighted by Gasteiger charge is -2.29. The lowest BCUT2D eigenvalue weighted by molar-refractivity contribution is 0.0194. The van der Waals surface area contributed by atoms with Crippen molar-refractivity contribution in [3.05, 3.63) is 22.2 Å². The Labute approximate surface area is 128 Å². The van der Waals surface area contributed by atoms with E-state index in [9.17, 15) is 5.11 Å². The first-order chi connectivity index (χ1) is 9.51. The number of aliphatic hydroxyl groups is 1. The predicted molar refractivity (Wildman–Crippen MR) is 82.5 cm³/mol. The highest BCUT2D eigenvalue weighted by Gasteiger charge is 2.35. The lowest BCUT2D eigenvalue weighted by atomic mass is 9.86. The van der Waals surface area contributed by atoms with Crippen LogP contribution in [0.25, 0.3) is 0 Å². The molecule has 0 aromatic heterocycles. The van der Waals surface area contributed by atoms with E-state index in [1.165, 1.54) is 0 Å². The van der Waals surface area contributed by atoms with Crippen LogP contribution in [0.15, 0.2) is 16.6 Å². The summed E-state index contributed by atoms with van der Waals surface area (Å²) in [6.45, 7) is 1.89. The van der Waals surface area contributed by atoms with Crippen LogP contribution in [0.5, 0.6) is 11.5 Å². The number of hydrogen-bond donors (Lipinski definition) is 1. The van der Waals surface area contributed by atoms with Gasteiger partial charge < -0.3 is 19.5 Å². The molecule has 4 nitrogen and oxygen atoms in total. The van der Waals surface area contributed by atoms with Gasteiger partial charge in [0.05, 0.1) is 19.8 Å². The van der Waals surface area contributed by atoms with Gasteiger partial charge in [-0.2, -0.15) is 0 Å². The van der Waals surface area contributed by atoms with Crippen molar-refractivity contribution in [2.24, 2.45) is 0 Å². The van der Waals surface area contributed by atoms with E-state index in [2.05, 4.69) is 27.9 Å². The number of ether oxygens (including phenoxy) is 2.